The molecule has 0 fully saturated rings. The highest BCUT2D eigenvalue weighted by Crippen LogP contribution is 2.31. The first-order valence-corrected chi connectivity index (χ1v) is 8.91. The third-order valence-corrected chi connectivity index (χ3v) is 5.16. The number of ether oxygens (including phenoxy) is 1. The minimum absolute atomic E-state index is 0.325. The lowest BCUT2D eigenvalue weighted by molar-refractivity contribution is 0.0664. The van der Waals surface area contributed by atoms with E-state index in [0.717, 1.165) is 17.6 Å². The van der Waals surface area contributed by atoms with Gasteiger partial charge in [0, 0.05) is 4.90 Å². The van der Waals surface area contributed by atoms with E-state index in [1.807, 2.05) is 36.9 Å². The zero-order chi connectivity index (χ0) is 16.1. The van der Waals surface area contributed by atoms with Crippen LogP contribution >= 0.6 is 11.8 Å². The van der Waals surface area contributed by atoms with Crippen molar-refractivity contribution < 1.29 is 9.53 Å². The Labute approximate surface area is 141 Å². The van der Waals surface area contributed by atoms with Crippen molar-refractivity contribution in [3.63, 3.8) is 0 Å². The van der Waals surface area contributed by atoms with Crippen molar-refractivity contribution in [2.45, 2.75) is 31.1 Å². The van der Waals surface area contributed by atoms with Crippen LogP contribution in [0.25, 0.3) is 5.57 Å². The Hall–Kier alpha value is -2.00. The van der Waals surface area contributed by atoms with E-state index in [4.69, 9.17) is 4.74 Å². The van der Waals surface area contributed by atoms with Crippen LogP contribution < -0.4 is 0 Å². The van der Waals surface area contributed by atoms with Crippen LogP contribution in [-0.2, 0) is 11.2 Å². The highest BCUT2D eigenvalue weighted by atomic mass is 32.2. The molecule has 0 radical (unpaired) electrons. The van der Waals surface area contributed by atoms with Gasteiger partial charge in [-0.2, -0.15) is 0 Å². The number of esters is 1. The number of rotatable bonds is 3. The molecule has 23 heavy (non-hydrogen) atoms. The zero-order valence-electron chi connectivity index (χ0n) is 13.2. The minimum atomic E-state index is -0.325. The summed E-state index contributed by atoms with van der Waals surface area (Å²) in [5.41, 5.74) is 4.07. The maximum Gasteiger partial charge on any atom is 0.342 e. The normalized spacial score (nSPS) is 14.7. The first-order chi connectivity index (χ1) is 11.2. The van der Waals surface area contributed by atoms with E-state index in [9.17, 15) is 4.79 Å². The number of thioether (sulfide) groups is 1. The van der Waals surface area contributed by atoms with Gasteiger partial charge in [0.2, 0.25) is 0 Å². The van der Waals surface area contributed by atoms with E-state index < -0.39 is 0 Å². The Morgan fingerprint density at radius 1 is 1.09 bits per heavy atom. The van der Waals surface area contributed by atoms with E-state index in [1.54, 1.807) is 18.4 Å². The largest absolute Gasteiger partial charge is 0.431 e. The molecule has 0 aliphatic carbocycles. The molecule has 0 saturated carbocycles. The maximum atomic E-state index is 12.0. The fourth-order valence-electron chi connectivity index (χ4n) is 2.59. The molecule has 0 atom stereocenters. The van der Waals surface area contributed by atoms with Crippen molar-refractivity contribution in [1.29, 1.82) is 0 Å². The third-order valence-electron chi connectivity index (χ3n) is 3.97. The van der Waals surface area contributed by atoms with Crippen LogP contribution in [0.1, 0.15) is 41.3 Å². The van der Waals surface area contributed by atoms with Crippen molar-refractivity contribution in [3.8, 4) is 0 Å². The second kappa shape index (κ2) is 7.51. The molecule has 0 bridgehead atoms. The van der Waals surface area contributed by atoms with Crippen LogP contribution in [0.5, 0.6) is 0 Å². The van der Waals surface area contributed by atoms with Gasteiger partial charge >= 0.3 is 5.97 Å². The van der Waals surface area contributed by atoms with Crippen molar-refractivity contribution in [2.24, 2.45) is 0 Å². The van der Waals surface area contributed by atoms with E-state index in [0.29, 0.717) is 5.56 Å². The van der Waals surface area contributed by atoms with Crippen LogP contribution in [0.15, 0.2) is 59.7 Å². The molecule has 2 nitrogen and oxygen atoms in total. The topological polar surface area (TPSA) is 26.3 Å². The summed E-state index contributed by atoms with van der Waals surface area (Å²) in [7, 11) is 0. The smallest absolute Gasteiger partial charge is 0.342 e. The van der Waals surface area contributed by atoms with Gasteiger partial charge in [-0.25, -0.2) is 4.79 Å². The zero-order valence-corrected chi connectivity index (χ0v) is 14.1. The molecule has 1 heterocycles. The molecular weight excluding hydrogens is 304 g/mol. The molecule has 3 rings (SSSR count). The number of benzene rings is 2. The predicted octanol–water partition coefficient (Wildman–Crippen LogP) is 5.33. The van der Waals surface area contributed by atoms with Gasteiger partial charge in [0.15, 0.2) is 0 Å². The number of allylic oxidation sites excluding steroid dienone is 1. The lowest BCUT2D eigenvalue weighted by atomic mass is 10.0. The summed E-state index contributed by atoms with van der Waals surface area (Å²) in [6.07, 6.45) is 5.26. The van der Waals surface area contributed by atoms with E-state index in [2.05, 4.69) is 18.2 Å². The summed E-state index contributed by atoms with van der Waals surface area (Å²) in [6, 6.07) is 15.6. The molecule has 0 spiro atoms. The first-order valence-electron chi connectivity index (χ1n) is 7.93. The summed E-state index contributed by atoms with van der Waals surface area (Å²) < 4.78 is 5.31. The predicted molar refractivity (Wildman–Crippen MR) is 95.6 cm³/mol. The number of carbonyl (C=O) groups excluding carboxylic acids is 1. The molecule has 3 heteroatoms. The van der Waals surface area contributed by atoms with E-state index in [1.165, 1.54) is 29.1 Å². The Morgan fingerprint density at radius 2 is 1.91 bits per heavy atom. The maximum absolute atomic E-state index is 12.0. The lowest BCUT2D eigenvalue weighted by Gasteiger charge is -2.09. The monoisotopic (exact) mass is 324 g/mol. The second-order valence-corrected chi connectivity index (χ2v) is 6.84. The van der Waals surface area contributed by atoms with Crippen LogP contribution in [0.3, 0.4) is 0 Å². The fourth-order valence-corrected chi connectivity index (χ4v) is 3.73. The first kappa shape index (κ1) is 15.9. The molecule has 0 unspecified atom stereocenters. The average molecular weight is 324 g/mol. The van der Waals surface area contributed by atoms with Gasteiger partial charge in [-0.1, -0.05) is 30.3 Å². The van der Waals surface area contributed by atoms with Gasteiger partial charge in [-0.3, -0.25) is 0 Å². The van der Waals surface area contributed by atoms with Crippen LogP contribution in [-0.4, -0.2) is 11.7 Å². The fraction of sp³-hybridized carbons (Fsp3) is 0.250. The SMILES string of the molecule is C/C(=C\OC(=O)c1ccccc1)c1ccc2c(c1)SCCCC2. The number of aryl methyl sites for hydroxylation is 1. The van der Waals surface area contributed by atoms with Gasteiger partial charge in [0.25, 0.3) is 0 Å². The molecule has 118 valence electrons. The van der Waals surface area contributed by atoms with Crippen molar-refractivity contribution in [1.82, 2.24) is 0 Å². The molecular formula is C20H20O2S. The Morgan fingerprint density at radius 3 is 2.74 bits per heavy atom. The van der Waals surface area contributed by atoms with E-state index in [-0.39, 0.29) is 5.97 Å². The Bertz CT molecular complexity index is 720. The van der Waals surface area contributed by atoms with Gasteiger partial charge in [-0.15, -0.1) is 11.8 Å². The average Bonchev–Trinajstić information content (AvgIpc) is 2.84. The molecule has 2 aromatic rings. The highest BCUT2D eigenvalue weighted by molar-refractivity contribution is 7.99. The second-order valence-electron chi connectivity index (χ2n) is 5.70. The summed E-state index contributed by atoms with van der Waals surface area (Å²) in [4.78, 5) is 13.4. The summed E-state index contributed by atoms with van der Waals surface area (Å²) in [6.45, 7) is 1.97. The molecule has 0 saturated heterocycles. The number of hydrogen-bond acceptors (Lipinski definition) is 3. The molecule has 0 aromatic heterocycles. The van der Waals surface area contributed by atoms with Crippen LogP contribution in [0.4, 0.5) is 0 Å². The Balaban J connectivity index is 1.73. The third kappa shape index (κ3) is 4.05. The molecule has 2 aromatic carbocycles. The molecule has 1 aliphatic heterocycles. The standard InChI is InChI=1S/C20H20O2S/c1-15(14-22-20(21)17-8-3-2-4-9-17)18-11-10-16-7-5-6-12-23-19(16)13-18/h2-4,8-11,13-14H,5-7,12H2,1H3/b15-14+. The Kier molecular flexibility index (Phi) is 5.19. The molecule has 0 amide bonds. The highest BCUT2D eigenvalue weighted by Gasteiger charge is 2.10. The van der Waals surface area contributed by atoms with Gasteiger partial charge in [-0.05, 0) is 66.8 Å². The number of hydrogen-bond donors (Lipinski definition) is 0. The van der Waals surface area contributed by atoms with Crippen molar-refractivity contribution >= 4 is 23.3 Å². The van der Waals surface area contributed by atoms with Crippen molar-refractivity contribution in [3.05, 3.63) is 71.5 Å². The van der Waals surface area contributed by atoms with Crippen LogP contribution in [0, 0.1) is 0 Å². The summed E-state index contributed by atoms with van der Waals surface area (Å²) >= 11 is 1.93. The lowest BCUT2D eigenvalue weighted by Crippen LogP contribution is -2.00. The summed E-state index contributed by atoms with van der Waals surface area (Å²) in [5, 5.41) is 0. The van der Waals surface area contributed by atoms with Gasteiger partial charge < -0.3 is 4.74 Å². The minimum Gasteiger partial charge on any atom is -0.431 e. The molecule has 1 aliphatic rings. The van der Waals surface area contributed by atoms with Gasteiger partial charge in [0.05, 0.1) is 11.8 Å². The summed E-state index contributed by atoms with van der Waals surface area (Å²) in [5.74, 6) is 0.858. The van der Waals surface area contributed by atoms with Crippen LogP contribution in [0.2, 0.25) is 0 Å². The number of fused-ring (bicyclic) bond motifs is 1. The van der Waals surface area contributed by atoms with Crippen molar-refractivity contribution in [2.75, 3.05) is 5.75 Å². The quantitative estimate of drug-likeness (QED) is 0.563. The number of carbonyl (C=O) groups is 1. The van der Waals surface area contributed by atoms with Gasteiger partial charge in [0.1, 0.15) is 0 Å². The molecule has 0 N–H and O–H groups in total. The van der Waals surface area contributed by atoms with E-state index >= 15 is 0 Å².